The molecule has 0 N–H and O–H groups in total. The van der Waals surface area contributed by atoms with E-state index in [1.165, 1.54) is 5.57 Å². The van der Waals surface area contributed by atoms with E-state index in [4.69, 9.17) is 0 Å². The van der Waals surface area contributed by atoms with Crippen LogP contribution < -0.4 is 0 Å². The van der Waals surface area contributed by atoms with Crippen LogP contribution in [0.2, 0.25) is 0 Å². The molecule has 0 radical (unpaired) electrons. The molecule has 0 aromatic heterocycles. The molecule has 1 aliphatic carbocycles. The Kier molecular flexibility index (Phi) is 2.85. The fourth-order valence-electron chi connectivity index (χ4n) is 1.80. The van der Waals surface area contributed by atoms with Gasteiger partial charge >= 0.3 is 0 Å². The third-order valence-corrected chi connectivity index (χ3v) is 2.34. The van der Waals surface area contributed by atoms with E-state index in [1.807, 2.05) is 13.0 Å². The summed E-state index contributed by atoms with van der Waals surface area (Å²) < 4.78 is 0. The van der Waals surface area contributed by atoms with E-state index in [9.17, 15) is 4.79 Å². The highest BCUT2D eigenvalue weighted by Crippen LogP contribution is 2.31. The summed E-state index contributed by atoms with van der Waals surface area (Å²) in [5.41, 5.74) is 2.33. The lowest BCUT2D eigenvalue weighted by atomic mass is 10.1. The predicted molar refractivity (Wildman–Crippen MR) is 50.9 cm³/mol. The highest BCUT2D eigenvalue weighted by atomic mass is 16.1. The van der Waals surface area contributed by atoms with Gasteiger partial charge in [-0.2, -0.15) is 0 Å². The minimum absolute atomic E-state index is 0.208. The zero-order chi connectivity index (χ0) is 9.14. The van der Waals surface area contributed by atoms with Crippen molar-refractivity contribution in [2.75, 3.05) is 0 Å². The van der Waals surface area contributed by atoms with Gasteiger partial charge in [0.2, 0.25) is 0 Å². The van der Waals surface area contributed by atoms with E-state index < -0.39 is 0 Å². The van der Waals surface area contributed by atoms with Crippen LogP contribution in [-0.4, -0.2) is 5.78 Å². The van der Waals surface area contributed by atoms with Crippen LogP contribution in [-0.2, 0) is 4.79 Å². The van der Waals surface area contributed by atoms with Crippen LogP contribution in [0.4, 0.5) is 0 Å². The van der Waals surface area contributed by atoms with E-state index in [-0.39, 0.29) is 5.78 Å². The maximum atomic E-state index is 11.5. The third kappa shape index (κ3) is 1.84. The summed E-state index contributed by atoms with van der Waals surface area (Å²) in [6.07, 6.45) is 5.54. The highest BCUT2D eigenvalue weighted by molar-refractivity contribution is 6.04. The van der Waals surface area contributed by atoms with E-state index in [0.29, 0.717) is 5.92 Å². The molecule has 1 nitrogen and oxygen atoms in total. The van der Waals surface area contributed by atoms with Crippen LogP contribution in [0.1, 0.15) is 33.6 Å². The minimum atomic E-state index is 0.208. The van der Waals surface area contributed by atoms with Crippen LogP contribution in [0.25, 0.3) is 0 Å². The van der Waals surface area contributed by atoms with Crippen LogP contribution in [0.15, 0.2) is 23.3 Å². The van der Waals surface area contributed by atoms with Crippen molar-refractivity contribution in [3.8, 4) is 0 Å². The van der Waals surface area contributed by atoms with Gasteiger partial charge in [0.05, 0.1) is 0 Å². The Labute approximate surface area is 74.2 Å². The summed E-state index contributed by atoms with van der Waals surface area (Å²) in [7, 11) is 0. The maximum absolute atomic E-state index is 11.5. The monoisotopic (exact) mass is 164 g/mol. The average molecular weight is 164 g/mol. The van der Waals surface area contributed by atoms with Crippen LogP contribution in [0.5, 0.6) is 0 Å². The van der Waals surface area contributed by atoms with Crippen molar-refractivity contribution in [1.82, 2.24) is 0 Å². The third-order valence-electron chi connectivity index (χ3n) is 2.34. The first kappa shape index (κ1) is 9.24. The second-order valence-electron chi connectivity index (χ2n) is 3.64. The van der Waals surface area contributed by atoms with Gasteiger partial charge in [-0.25, -0.2) is 0 Å². The fourth-order valence-corrected chi connectivity index (χ4v) is 1.80. The molecule has 0 saturated carbocycles. The molecular weight excluding hydrogens is 148 g/mol. The van der Waals surface area contributed by atoms with Gasteiger partial charge in [0, 0.05) is 0 Å². The van der Waals surface area contributed by atoms with Crippen molar-refractivity contribution < 1.29 is 4.79 Å². The smallest absolute Gasteiger partial charge is 0.181 e. The Morgan fingerprint density at radius 3 is 2.58 bits per heavy atom. The molecular formula is C11H16O. The molecule has 1 rings (SSSR count). The first-order valence-electron chi connectivity index (χ1n) is 4.50. The SMILES string of the molecule is C/C=C/C(=O)C1=C(C)CC(C)C1. The van der Waals surface area contributed by atoms with Crippen molar-refractivity contribution in [2.45, 2.75) is 33.6 Å². The molecule has 1 heteroatoms. The molecule has 0 aromatic rings. The van der Waals surface area contributed by atoms with E-state index >= 15 is 0 Å². The number of hydrogen-bond acceptors (Lipinski definition) is 1. The van der Waals surface area contributed by atoms with Gasteiger partial charge < -0.3 is 0 Å². The lowest BCUT2D eigenvalue weighted by Crippen LogP contribution is -1.97. The van der Waals surface area contributed by atoms with Gasteiger partial charge in [0.15, 0.2) is 5.78 Å². The largest absolute Gasteiger partial charge is 0.290 e. The van der Waals surface area contributed by atoms with Gasteiger partial charge in [-0.3, -0.25) is 4.79 Å². The van der Waals surface area contributed by atoms with E-state index in [2.05, 4.69) is 13.8 Å². The summed E-state index contributed by atoms with van der Waals surface area (Å²) in [4.78, 5) is 11.5. The van der Waals surface area contributed by atoms with Crippen LogP contribution in [0.3, 0.4) is 0 Å². The molecule has 0 saturated heterocycles. The van der Waals surface area contributed by atoms with Gasteiger partial charge in [-0.1, -0.05) is 18.6 Å². The average Bonchev–Trinajstić information content (AvgIpc) is 2.30. The first-order valence-corrected chi connectivity index (χ1v) is 4.50. The highest BCUT2D eigenvalue weighted by Gasteiger charge is 2.21. The summed E-state index contributed by atoms with van der Waals surface area (Å²) in [5.74, 6) is 0.869. The molecule has 0 amide bonds. The lowest BCUT2D eigenvalue weighted by molar-refractivity contribution is -0.111. The van der Waals surface area contributed by atoms with Crippen LogP contribution >= 0.6 is 0 Å². The van der Waals surface area contributed by atoms with Crippen molar-refractivity contribution in [1.29, 1.82) is 0 Å². The maximum Gasteiger partial charge on any atom is 0.181 e. The number of ketones is 1. The zero-order valence-electron chi connectivity index (χ0n) is 8.05. The van der Waals surface area contributed by atoms with Gasteiger partial charge in [-0.05, 0) is 44.3 Å². The molecule has 0 fully saturated rings. The Bertz CT molecular complexity index is 246. The van der Waals surface area contributed by atoms with Gasteiger partial charge in [0.1, 0.15) is 0 Å². The fraction of sp³-hybridized carbons (Fsp3) is 0.545. The zero-order valence-corrected chi connectivity index (χ0v) is 8.05. The summed E-state index contributed by atoms with van der Waals surface area (Å²) in [6, 6.07) is 0. The number of carbonyl (C=O) groups is 1. The standard InChI is InChI=1S/C11H16O/c1-4-5-11(12)10-7-8(2)6-9(10)3/h4-5,8H,6-7H2,1-3H3/b5-4+. The minimum Gasteiger partial charge on any atom is -0.290 e. The molecule has 12 heavy (non-hydrogen) atoms. The Hall–Kier alpha value is -0.850. The molecule has 0 bridgehead atoms. The molecule has 0 spiro atoms. The molecule has 1 atom stereocenters. The molecule has 0 aliphatic heterocycles. The molecule has 0 heterocycles. The Morgan fingerprint density at radius 1 is 1.50 bits per heavy atom. The summed E-state index contributed by atoms with van der Waals surface area (Å²) in [5, 5.41) is 0. The van der Waals surface area contributed by atoms with E-state index in [0.717, 1.165) is 18.4 Å². The molecule has 1 unspecified atom stereocenters. The van der Waals surface area contributed by atoms with Crippen molar-refractivity contribution in [3.05, 3.63) is 23.3 Å². The molecule has 0 aromatic carbocycles. The number of carbonyl (C=O) groups excluding carboxylic acids is 1. The lowest BCUT2D eigenvalue weighted by Gasteiger charge is -1.98. The summed E-state index contributed by atoms with van der Waals surface area (Å²) >= 11 is 0. The molecule has 66 valence electrons. The van der Waals surface area contributed by atoms with E-state index in [1.54, 1.807) is 6.08 Å². The van der Waals surface area contributed by atoms with Gasteiger partial charge in [-0.15, -0.1) is 0 Å². The van der Waals surface area contributed by atoms with Crippen molar-refractivity contribution in [2.24, 2.45) is 5.92 Å². The number of rotatable bonds is 2. The normalized spacial score (nSPS) is 24.1. The number of allylic oxidation sites excluding steroid dienone is 4. The number of hydrogen-bond donors (Lipinski definition) is 0. The van der Waals surface area contributed by atoms with Crippen LogP contribution in [0, 0.1) is 5.92 Å². The van der Waals surface area contributed by atoms with Gasteiger partial charge in [0.25, 0.3) is 0 Å². The second-order valence-corrected chi connectivity index (χ2v) is 3.64. The van der Waals surface area contributed by atoms with Crippen molar-refractivity contribution >= 4 is 5.78 Å². The topological polar surface area (TPSA) is 17.1 Å². The second kappa shape index (κ2) is 3.70. The molecule has 1 aliphatic rings. The Balaban J connectivity index is 2.75. The quantitative estimate of drug-likeness (QED) is 0.573. The van der Waals surface area contributed by atoms with Crippen molar-refractivity contribution in [3.63, 3.8) is 0 Å². The predicted octanol–water partition coefficient (Wildman–Crippen LogP) is 2.88. The Morgan fingerprint density at radius 2 is 2.17 bits per heavy atom. The first-order chi connectivity index (χ1) is 5.65. The summed E-state index contributed by atoms with van der Waals surface area (Å²) in [6.45, 7) is 6.14.